The van der Waals surface area contributed by atoms with Crippen LogP contribution in [0.25, 0.3) is 11.1 Å². The number of aromatic nitrogens is 1. The first kappa shape index (κ1) is 26.0. The molecule has 0 bridgehead atoms. The van der Waals surface area contributed by atoms with Crippen molar-refractivity contribution in [3.63, 3.8) is 0 Å². The lowest BCUT2D eigenvalue weighted by molar-refractivity contribution is -0.142. The van der Waals surface area contributed by atoms with Gasteiger partial charge in [-0.25, -0.2) is 9.78 Å². The molecule has 0 saturated carbocycles. The van der Waals surface area contributed by atoms with Crippen LogP contribution in [0, 0.1) is 0 Å². The van der Waals surface area contributed by atoms with Crippen LogP contribution in [-0.4, -0.2) is 55.8 Å². The Morgan fingerprint density at radius 2 is 1.89 bits per heavy atom. The van der Waals surface area contributed by atoms with Crippen molar-refractivity contribution in [3.05, 3.63) is 78.0 Å². The molecule has 1 atom stereocenters. The summed E-state index contributed by atoms with van der Waals surface area (Å²) in [5.74, 6) is 0.143. The normalized spacial score (nSPS) is 11.3. The van der Waals surface area contributed by atoms with Crippen molar-refractivity contribution < 1.29 is 22.7 Å². The number of methoxy groups -OCH3 is 1. The van der Waals surface area contributed by atoms with Crippen LogP contribution in [0.15, 0.2) is 66.9 Å². The largest absolute Gasteiger partial charge is 0.467 e. The zero-order valence-corrected chi connectivity index (χ0v) is 20.9. The number of rotatable bonds is 10. The molecule has 0 aliphatic heterocycles. The number of thioether (sulfide) groups is 1. The highest BCUT2D eigenvalue weighted by atomic mass is 32.2. The number of hydrogen-bond acceptors (Lipinski definition) is 8. The molecule has 0 unspecified atom stereocenters. The molecule has 1 aromatic heterocycles. The van der Waals surface area contributed by atoms with E-state index in [-0.39, 0.29) is 0 Å². The monoisotopic (exact) mass is 511 g/mol. The number of amides is 1. The molecule has 182 valence electrons. The lowest BCUT2D eigenvalue weighted by Crippen LogP contribution is -2.42. The van der Waals surface area contributed by atoms with Crippen molar-refractivity contribution >= 4 is 50.8 Å². The van der Waals surface area contributed by atoms with E-state index in [0.717, 1.165) is 10.9 Å². The van der Waals surface area contributed by atoms with Crippen LogP contribution in [0.3, 0.4) is 0 Å². The first-order valence-electron chi connectivity index (χ1n) is 10.6. The number of hydrogen-bond donors (Lipinski definition) is 2. The van der Waals surface area contributed by atoms with Crippen molar-refractivity contribution in [2.24, 2.45) is 0 Å². The molecule has 3 rings (SSSR count). The highest BCUT2D eigenvalue weighted by molar-refractivity contribution is 7.98. The van der Waals surface area contributed by atoms with Gasteiger partial charge < -0.3 is 15.4 Å². The van der Waals surface area contributed by atoms with Crippen LogP contribution >= 0.6 is 11.8 Å². The average molecular weight is 512 g/mol. The third kappa shape index (κ3) is 7.17. The third-order valence-electron chi connectivity index (χ3n) is 5.08. The highest BCUT2D eigenvalue weighted by Gasteiger charge is 2.23. The average Bonchev–Trinajstić information content (AvgIpc) is 2.87. The number of nitrogens with one attached hydrogen (secondary N) is 2. The van der Waals surface area contributed by atoms with Gasteiger partial charge in [-0.15, -0.1) is 0 Å². The van der Waals surface area contributed by atoms with E-state index in [4.69, 9.17) is 4.74 Å². The summed E-state index contributed by atoms with van der Waals surface area (Å²) in [6.07, 6.45) is 3.92. The lowest BCUT2D eigenvalue weighted by Gasteiger charge is -2.18. The smallest absolute Gasteiger partial charge is 0.328 e. The molecule has 0 spiro atoms. The molecule has 1 heterocycles. The van der Waals surface area contributed by atoms with Crippen molar-refractivity contribution in [3.8, 4) is 11.1 Å². The molecule has 0 aliphatic carbocycles. The van der Waals surface area contributed by atoms with Gasteiger partial charge in [0, 0.05) is 23.0 Å². The number of esters is 1. The molecule has 0 aliphatic rings. The summed E-state index contributed by atoms with van der Waals surface area (Å²) < 4.78 is 27.2. The summed E-state index contributed by atoms with van der Waals surface area (Å²) in [7, 11) is -1.10. The topological polar surface area (TPSA) is 114 Å². The second kappa shape index (κ2) is 12.7. The summed E-state index contributed by atoms with van der Waals surface area (Å²) in [5, 5.41) is 6.99. The summed E-state index contributed by atoms with van der Waals surface area (Å²) in [5.41, 5.74) is 2.83. The van der Waals surface area contributed by atoms with Gasteiger partial charge in [-0.05, 0) is 59.9 Å². The second-order valence-corrected chi connectivity index (χ2v) is 9.14. The summed E-state index contributed by atoms with van der Waals surface area (Å²) in [6, 6.07) is 17.0. The molecule has 2 aromatic carbocycles. The Balaban J connectivity index is 1.99. The minimum absolute atomic E-state index is 0.357. The van der Waals surface area contributed by atoms with Crippen molar-refractivity contribution in [1.29, 1.82) is 0 Å². The van der Waals surface area contributed by atoms with Crippen molar-refractivity contribution in [1.82, 2.24) is 10.3 Å². The van der Waals surface area contributed by atoms with E-state index in [2.05, 4.69) is 15.6 Å². The molecule has 35 heavy (non-hydrogen) atoms. The van der Waals surface area contributed by atoms with E-state index in [1.54, 1.807) is 48.3 Å². The predicted octanol–water partition coefficient (Wildman–Crippen LogP) is 3.55. The fourth-order valence-corrected chi connectivity index (χ4v) is 4.27. The van der Waals surface area contributed by atoms with Crippen LogP contribution in [0.1, 0.15) is 22.3 Å². The molecule has 1 amide bonds. The van der Waals surface area contributed by atoms with Gasteiger partial charge in [0.1, 0.15) is 11.9 Å². The number of nitrogens with zero attached hydrogens (tertiary/aromatic N) is 1. The van der Waals surface area contributed by atoms with Gasteiger partial charge in [0.25, 0.3) is 5.91 Å². The Hall–Kier alpha value is -3.63. The molecule has 0 fully saturated rings. The summed E-state index contributed by atoms with van der Waals surface area (Å²) >= 11 is 1.57. The van der Waals surface area contributed by atoms with Gasteiger partial charge in [0.15, 0.2) is 0 Å². The molecule has 0 radical (unpaired) electrons. The Morgan fingerprint density at radius 1 is 1.11 bits per heavy atom. The van der Waals surface area contributed by atoms with Crippen LogP contribution in [-0.2, 0) is 19.8 Å². The predicted molar refractivity (Wildman–Crippen MR) is 140 cm³/mol. The quantitative estimate of drug-likeness (QED) is 0.314. The minimum Gasteiger partial charge on any atom is -0.467 e. The maximum absolute atomic E-state index is 13.2. The Labute approximate surface area is 209 Å². The van der Waals surface area contributed by atoms with E-state index in [9.17, 15) is 18.0 Å². The van der Waals surface area contributed by atoms with Gasteiger partial charge in [-0.3, -0.25) is 4.79 Å². The maximum Gasteiger partial charge on any atom is 0.328 e. The van der Waals surface area contributed by atoms with E-state index >= 15 is 0 Å². The molecule has 0 saturated heterocycles. The number of pyridine rings is 1. The second-order valence-electron chi connectivity index (χ2n) is 7.40. The fraction of sp³-hybridized carbons (Fsp3) is 0.200. The minimum atomic E-state index is -2.39. The third-order valence-corrected chi connectivity index (χ3v) is 6.17. The van der Waals surface area contributed by atoms with Gasteiger partial charge in [-0.1, -0.05) is 30.3 Å². The van der Waals surface area contributed by atoms with E-state index in [0.29, 0.717) is 40.4 Å². The van der Waals surface area contributed by atoms with Crippen LogP contribution in [0.4, 0.5) is 11.5 Å². The molecular weight excluding hydrogens is 486 g/mol. The lowest BCUT2D eigenvalue weighted by atomic mass is 9.98. The van der Waals surface area contributed by atoms with Gasteiger partial charge in [0.2, 0.25) is 10.3 Å². The first-order valence-corrected chi connectivity index (χ1v) is 13.2. The van der Waals surface area contributed by atoms with E-state index in [1.807, 2.05) is 36.6 Å². The summed E-state index contributed by atoms with van der Waals surface area (Å²) in [4.78, 5) is 29.7. The number of anilines is 2. The number of ether oxygens (including phenoxy) is 1. The molecule has 2 N–H and O–H groups in total. The zero-order valence-electron chi connectivity index (χ0n) is 19.2. The standard InChI is InChI=1S/C25H25N3O5S2/c1-33-25(30)22(12-14-34-2)28-24(29)20-11-10-19(15-21(20)17-7-4-3-5-8-17)27-23-18(16-35(31)32)9-6-13-26-23/h3-11,13,15-16,22H,12,14H2,1-2H3,(H,26,27)(H,28,29)/t22-/m0/s1. The van der Waals surface area contributed by atoms with Gasteiger partial charge in [-0.2, -0.15) is 20.2 Å². The van der Waals surface area contributed by atoms with Gasteiger partial charge >= 0.3 is 5.97 Å². The molecule has 8 nitrogen and oxygen atoms in total. The SMILES string of the molecule is COC(=O)[C@H](CCSC)NC(=O)c1ccc(Nc2ncccc2C=S(=O)=O)cc1-c1ccccc1. The number of benzene rings is 2. The molecular formula is C25H25N3O5S2. The van der Waals surface area contributed by atoms with Crippen LogP contribution in [0.2, 0.25) is 0 Å². The first-order chi connectivity index (χ1) is 16.9. The fourth-order valence-electron chi connectivity index (χ4n) is 3.40. The Bertz CT molecular complexity index is 1320. The van der Waals surface area contributed by atoms with Gasteiger partial charge in [0.05, 0.1) is 12.5 Å². The number of carbonyl (C=O) groups is 2. The summed E-state index contributed by atoms with van der Waals surface area (Å²) in [6.45, 7) is 0. The van der Waals surface area contributed by atoms with Crippen molar-refractivity contribution in [2.75, 3.05) is 24.4 Å². The highest BCUT2D eigenvalue weighted by Crippen LogP contribution is 2.29. The zero-order chi connectivity index (χ0) is 25.2. The van der Waals surface area contributed by atoms with Crippen molar-refractivity contribution in [2.45, 2.75) is 12.5 Å². The molecule has 10 heteroatoms. The van der Waals surface area contributed by atoms with Crippen LogP contribution < -0.4 is 10.6 Å². The Morgan fingerprint density at radius 3 is 2.57 bits per heavy atom. The maximum atomic E-state index is 13.2. The Kier molecular flexibility index (Phi) is 9.45. The van der Waals surface area contributed by atoms with E-state index in [1.165, 1.54) is 7.11 Å². The number of carbonyl (C=O) groups excluding carboxylic acids is 2. The molecule has 3 aromatic rings. The van der Waals surface area contributed by atoms with Crippen LogP contribution in [0.5, 0.6) is 0 Å². The van der Waals surface area contributed by atoms with E-state index < -0.39 is 28.2 Å².